The summed E-state index contributed by atoms with van der Waals surface area (Å²) in [6, 6.07) is 8.23. The van der Waals surface area contributed by atoms with Gasteiger partial charge in [0, 0.05) is 36.5 Å². The van der Waals surface area contributed by atoms with Gasteiger partial charge in [-0.05, 0) is 46.0 Å². The lowest BCUT2D eigenvalue weighted by Gasteiger charge is -2.22. The highest BCUT2D eigenvalue weighted by atomic mass is 16.5. The summed E-state index contributed by atoms with van der Waals surface area (Å²) in [5.41, 5.74) is 7.21. The van der Waals surface area contributed by atoms with Crippen molar-refractivity contribution in [3.63, 3.8) is 0 Å². The number of benzene rings is 1. The minimum Gasteiger partial charge on any atom is -0.473 e. The van der Waals surface area contributed by atoms with Gasteiger partial charge in [0.25, 0.3) is 0 Å². The maximum Gasteiger partial charge on any atom is 0.221 e. The van der Waals surface area contributed by atoms with Crippen LogP contribution in [0.3, 0.4) is 0 Å². The van der Waals surface area contributed by atoms with E-state index in [2.05, 4.69) is 58.4 Å². The largest absolute Gasteiger partial charge is 0.473 e. The highest BCUT2D eigenvalue weighted by Crippen LogP contribution is 2.37. The van der Waals surface area contributed by atoms with Crippen LogP contribution in [-0.2, 0) is 13.6 Å². The number of aliphatic hydroxyl groups excluding tert-OH is 1. The molecule has 36 heavy (non-hydrogen) atoms. The van der Waals surface area contributed by atoms with Crippen molar-refractivity contribution in [3.8, 4) is 28.4 Å². The number of aliphatic hydroxyl groups is 1. The van der Waals surface area contributed by atoms with Gasteiger partial charge in [0.2, 0.25) is 5.88 Å². The number of rotatable bonds is 2. The Labute approximate surface area is 208 Å². The molecule has 2 N–H and O–H groups in total. The minimum atomic E-state index is -0.128. The first-order valence-corrected chi connectivity index (χ1v) is 12.2. The van der Waals surface area contributed by atoms with E-state index in [9.17, 15) is 5.11 Å². The van der Waals surface area contributed by atoms with Crippen LogP contribution in [-0.4, -0.2) is 71.1 Å². The van der Waals surface area contributed by atoms with Crippen LogP contribution in [0.1, 0.15) is 31.3 Å². The summed E-state index contributed by atoms with van der Waals surface area (Å²) >= 11 is 0. The maximum absolute atomic E-state index is 9.83. The summed E-state index contributed by atoms with van der Waals surface area (Å²) in [5.74, 6) is 0.698. The van der Waals surface area contributed by atoms with Crippen LogP contribution in [0.4, 0.5) is 0 Å². The number of H-pyrrole nitrogens is 1. The summed E-state index contributed by atoms with van der Waals surface area (Å²) in [6.45, 7) is 7.37. The molecule has 0 saturated carbocycles. The third-order valence-electron chi connectivity index (χ3n) is 6.91. The molecule has 0 unspecified atom stereocenters. The zero-order valence-corrected chi connectivity index (χ0v) is 21.1. The van der Waals surface area contributed by atoms with Crippen LogP contribution in [0.15, 0.2) is 30.5 Å². The molecule has 0 saturated heterocycles. The Balaban J connectivity index is 1.61. The van der Waals surface area contributed by atoms with Crippen molar-refractivity contribution >= 4 is 21.8 Å². The van der Waals surface area contributed by atoms with E-state index in [4.69, 9.17) is 14.8 Å². The van der Waals surface area contributed by atoms with E-state index in [1.54, 1.807) is 4.68 Å². The second kappa shape index (κ2) is 8.42. The molecule has 0 fully saturated rings. The Morgan fingerprint density at radius 3 is 2.83 bits per heavy atom. The Hall–Kier alpha value is -3.76. The monoisotopic (exact) mass is 486 g/mol. The van der Waals surface area contributed by atoms with Crippen LogP contribution in [0.2, 0.25) is 0 Å². The van der Waals surface area contributed by atoms with E-state index in [0.717, 1.165) is 55.7 Å². The molecule has 5 aromatic rings. The fourth-order valence-electron chi connectivity index (χ4n) is 5.21. The average Bonchev–Trinajstić information content (AvgIpc) is 3.51. The van der Waals surface area contributed by atoms with Crippen LogP contribution < -0.4 is 4.74 Å². The van der Waals surface area contributed by atoms with Crippen molar-refractivity contribution in [3.05, 3.63) is 41.9 Å². The van der Waals surface area contributed by atoms with Gasteiger partial charge in [0.05, 0.1) is 52.5 Å². The molecule has 0 radical (unpaired) electrons. The number of pyridine rings is 1. The zero-order chi connectivity index (χ0) is 25.1. The highest BCUT2D eigenvalue weighted by Gasteiger charge is 2.24. The van der Waals surface area contributed by atoms with Gasteiger partial charge in [-0.1, -0.05) is 6.07 Å². The van der Waals surface area contributed by atoms with Gasteiger partial charge in [-0.3, -0.25) is 19.7 Å². The van der Waals surface area contributed by atoms with E-state index in [-0.39, 0.29) is 18.8 Å². The predicted molar refractivity (Wildman–Crippen MR) is 138 cm³/mol. The molecule has 4 bridgehead atoms. The summed E-state index contributed by atoms with van der Waals surface area (Å²) in [7, 11) is 3.97. The number of likely N-dealkylation sites (N-methyl/N-ethyl adjacent to an activating group) is 1. The fourth-order valence-corrected chi connectivity index (χ4v) is 5.21. The molecule has 0 aliphatic carbocycles. The smallest absolute Gasteiger partial charge is 0.221 e. The van der Waals surface area contributed by atoms with Crippen molar-refractivity contribution in [1.29, 1.82) is 0 Å². The Morgan fingerprint density at radius 1 is 1.19 bits per heavy atom. The van der Waals surface area contributed by atoms with Crippen molar-refractivity contribution < 1.29 is 9.84 Å². The predicted octanol–water partition coefficient (Wildman–Crippen LogP) is 3.45. The lowest BCUT2D eigenvalue weighted by Crippen LogP contribution is -2.31. The van der Waals surface area contributed by atoms with Gasteiger partial charge >= 0.3 is 0 Å². The standard InChI is InChI=1S/C26H30N8O2/c1-14(13-35)34-23-7-6-17-8-18(23)22(31-34)12-32(4)11-15(2)36-26-24(16(3)30-33(26)5)20-9-19-21(10-27-20)28-29-25(17)19/h6-10,14-15,35H,11-13H2,1-5H3,(H,28,29)/t14-,15-/m0/s1. The van der Waals surface area contributed by atoms with Gasteiger partial charge in [0.1, 0.15) is 11.8 Å². The lowest BCUT2D eigenvalue weighted by atomic mass is 10.0. The number of hydrogen-bond acceptors (Lipinski definition) is 7. The lowest BCUT2D eigenvalue weighted by molar-refractivity contribution is 0.148. The molecule has 186 valence electrons. The molecule has 0 spiro atoms. The van der Waals surface area contributed by atoms with Crippen molar-refractivity contribution in [2.24, 2.45) is 7.05 Å². The quantitative estimate of drug-likeness (QED) is 0.393. The average molecular weight is 487 g/mol. The first-order chi connectivity index (χ1) is 17.3. The molecule has 6 rings (SSSR count). The number of aryl methyl sites for hydroxylation is 2. The summed E-state index contributed by atoms with van der Waals surface area (Å²) < 4.78 is 10.2. The molecule has 10 heteroatoms. The third kappa shape index (κ3) is 3.56. The molecular weight excluding hydrogens is 456 g/mol. The van der Waals surface area contributed by atoms with E-state index in [1.165, 1.54) is 0 Å². The Morgan fingerprint density at radius 2 is 2.03 bits per heavy atom. The van der Waals surface area contributed by atoms with Crippen LogP contribution in [0.25, 0.3) is 44.3 Å². The summed E-state index contributed by atoms with van der Waals surface area (Å²) in [4.78, 5) is 6.94. The van der Waals surface area contributed by atoms with Gasteiger partial charge in [0.15, 0.2) is 0 Å². The molecule has 2 atom stereocenters. The molecule has 1 aromatic carbocycles. The molecule has 1 aliphatic rings. The maximum atomic E-state index is 9.83. The van der Waals surface area contributed by atoms with Crippen molar-refractivity contribution in [1.82, 2.24) is 39.6 Å². The zero-order valence-electron chi connectivity index (χ0n) is 21.1. The summed E-state index contributed by atoms with van der Waals surface area (Å²) in [6.07, 6.45) is 1.72. The Kier molecular flexibility index (Phi) is 5.31. The first kappa shape index (κ1) is 22.7. The van der Waals surface area contributed by atoms with Crippen LogP contribution in [0.5, 0.6) is 5.88 Å². The van der Waals surface area contributed by atoms with Gasteiger partial charge in [-0.15, -0.1) is 0 Å². The van der Waals surface area contributed by atoms with E-state index < -0.39 is 0 Å². The minimum absolute atomic E-state index is 0.0188. The summed E-state index contributed by atoms with van der Waals surface area (Å²) in [5, 5.41) is 29.2. The molecular formula is C26H30N8O2. The number of nitrogens with one attached hydrogen (secondary N) is 1. The molecule has 0 amide bonds. The Bertz CT molecular complexity index is 1600. The van der Waals surface area contributed by atoms with Gasteiger partial charge in [-0.2, -0.15) is 15.3 Å². The topological polar surface area (TPSA) is 110 Å². The second-order valence-electron chi connectivity index (χ2n) is 9.86. The number of ether oxygens (including phenoxy) is 1. The van der Waals surface area contributed by atoms with Crippen molar-refractivity contribution in [2.75, 3.05) is 20.2 Å². The number of nitrogens with zero attached hydrogens (tertiary/aromatic N) is 7. The van der Waals surface area contributed by atoms with Crippen molar-refractivity contribution in [2.45, 2.75) is 39.5 Å². The normalized spacial score (nSPS) is 17.3. The van der Waals surface area contributed by atoms with Gasteiger partial charge < -0.3 is 9.84 Å². The SMILES string of the molecule is Cc1nn(C)c2c1-c1cc3c(n[nH]c3cn1)-c1ccc3c(c1)c(nn3[C@@H](C)CO)CN(C)C[C@H](C)O2. The molecule has 5 heterocycles. The van der Waals surface area contributed by atoms with E-state index >= 15 is 0 Å². The second-order valence-corrected chi connectivity index (χ2v) is 9.86. The van der Waals surface area contributed by atoms with E-state index in [0.29, 0.717) is 19.0 Å². The number of hydrogen-bond donors (Lipinski definition) is 2. The number of fused-ring (bicyclic) bond motifs is 5. The third-order valence-corrected chi connectivity index (χ3v) is 6.91. The molecule has 1 aliphatic heterocycles. The first-order valence-electron chi connectivity index (χ1n) is 12.2. The number of aromatic nitrogens is 7. The van der Waals surface area contributed by atoms with E-state index in [1.807, 2.05) is 31.8 Å². The molecule has 10 nitrogen and oxygen atoms in total. The fraction of sp³-hybridized carbons (Fsp3) is 0.385. The van der Waals surface area contributed by atoms with Crippen LogP contribution >= 0.6 is 0 Å². The number of aromatic amines is 1. The highest BCUT2D eigenvalue weighted by molar-refractivity contribution is 5.97. The van der Waals surface area contributed by atoms with Crippen LogP contribution in [0, 0.1) is 6.92 Å². The molecule has 4 aromatic heterocycles. The van der Waals surface area contributed by atoms with Gasteiger partial charge in [-0.25, -0.2) is 4.68 Å².